The maximum Gasteiger partial charge on any atom is 0.346 e. The molecule has 0 aromatic carbocycles. The fourth-order valence-corrected chi connectivity index (χ4v) is 4.66. The number of carbonyl (C=O) groups is 1. The van der Waals surface area contributed by atoms with Crippen LogP contribution in [0.3, 0.4) is 0 Å². The van der Waals surface area contributed by atoms with Gasteiger partial charge in [0.15, 0.2) is 0 Å². The van der Waals surface area contributed by atoms with Gasteiger partial charge in [0.05, 0.1) is 5.60 Å². The molecule has 0 fully saturated rings. The molecule has 0 saturated heterocycles. The van der Waals surface area contributed by atoms with E-state index in [1.165, 1.54) is 6.07 Å². The molecular formula is C13H21NO5S2. The van der Waals surface area contributed by atoms with Crippen molar-refractivity contribution in [3.05, 3.63) is 16.5 Å². The Morgan fingerprint density at radius 1 is 1.48 bits per heavy atom. The van der Waals surface area contributed by atoms with Crippen molar-refractivity contribution in [3.8, 4) is 0 Å². The molecule has 0 amide bonds. The van der Waals surface area contributed by atoms with E-state index in [0.29, 0.717) is 23.3 Å². The molecule has 1 unspecified atom stereocenters. The van der Waals surface area contributed by atoms with E-state index in [4.69, 9.17) is 5.11 Å². The van der Waals surface area contributed by atoms with E-state index >= 15 is 0 Å². The van der Waals surface area contributed by atoms with Gasteiger partial charge in [0.2, 0.25) is 10.0 Å². The predicted molar refractivity (Wildman–Crippen MR) is 81.3 cm³/mol. The fraction of sp³-hybridized carbons (Fsp3) is 0.615. The van der Waals surface area contributed by atoms with Crippen molar-refractivity contribution in [3.63, 3.8) is 0 Å². The summed E-state index contributed by atoms with van der Waals surface area (Å²) in [7, 11) is -3.82. The van der Waals surface area contributed by atoms with E-state index in [0.717, 1.165) is 0 Å². The van der Waals surface area contributed by atoms with Crippen LogP contribution in [0, 0.1) is 12.8 Å². The number of aliphatic hydroxyl groups is 1. The van der Waals surface area contributed by atoms with Crippen molar-refractivity contribution in [2.45, 2.75) is 43.9 Å². The summed E-state index contributed by atoms with van der Waals surface area (Å²) in [5.41, 5.74) is -0.745. The molecule has 0 spiro atoms. The first-order valence-corrected chi connectivity index (χ1v) is 8.80. The highest BCUT2D eigenvalue weighted by molar-refractivity contribution is 7.91. The highest BCUT2D eigenvalue weighted by Gasteiger charge is 2.27. The average molecular weight is 335 g/mol. The summed E-state index contributed by atoms with van der Waals surface area (Å²) >= 11 is 0.707. The van der Waals surface area contributed by atoms with Crippen molar-refractivity contribution in [2.24, 2.45) is 5.92 Å². The SMILES string of the molecule is Cc1cc(S(=O)(=O)NCC(C)(O)CC(C)C)sc1C(=O)O. The van der Waals surface area contributed by atoms with E-state index in [2.05, 4.69) is 4.72 Å². The first-order chi connectivity index (χ1) is 9.44. The molecule has 1 heterocycles. The van der Waals surface area contributed by atoms with Crippen LogP contribution >= 0.6 is 11.3 Å². The molecule has 21 heavy (non-hydrogen) atoms. The van der Waals surface area contributed by atoms with Gasteiger partial charge in [0.1, 0.15) is 9.09 Å². The van der Waals surface area contributed by atoms with Crippen molar-refractivity contribution in [2.75, 3.05) is 6.54 Å². The first kappa shape index (κ1) is 18.1. The van der Waals surface area contributed by atoms with Crippen molar-refractivity contribution < 1.29 is 23.4 Å². The standard InChI is InChI=1S/C13H21NO5S2/c1-8(2)6-13(4,17)7-14-21(18,19)10-5-9(3)11(20-10)12(15)16/h5,8,14,17H,6-7H2,1-4H3,(H,15,16). The predicted octanol–water partition coefficient (Wildman–Crippen LogP) is 1.83. The lowest BCUT2D eigenvalue weighted by Crippen LogP contribution is -2.41. The van der Waals surface area contributed by atoms with Gasteiger partial charge < -0.3 is 10.2 Å². The molecule has 0 saturated carbocycles. The maximum absolute atomic E-state index is 12.1. The molecule has 0 aliphatic rings. The van der Waals surface area contributed by atoms with E-state index in [-0.39, 0.29) is 21.5 Å². The number of rotatable bonds is 7. The van der Waals surface area contributed by atoms with Gasteiger partial charge >= 0.3 is 5.97 Å². The number of hydrogen-bond acceptors (Lipinski definition) is 5. The van der Waals surface area contributed by atoms with Crippen molar-refractivity contribution in [1.29, 1.82) is 0 Å². The second-order valence-corrected chi connectivity index (χ2v) is 8.85. The maximum atomic E-state index is 12.1. The van der Waals surface area contributed by atoms with Crippen LogP contribution in [-0.4, -0.2) is 36.7 Å². The number of thiophene rings is 1. The lowest BCUT2D eigenvalue weighted by Gasteiger charge is -2.25. The monoisotopic (exact) mass is 335 g/mol. The third kappa shape index (κ3) is 5.06. The number of carboxylic acid groups (broad SMARTS) is 1. The molecule has 0 radical (unpaired) electrons. The van der Waals surface area contributed by atoms with Gasteiger partial charge in [-0.15, -0.1) is 11.3 Å². The number of hydrogen-bond donors (Lipinski definition) is 3. The van der Waals surface area contributed by atoms with Gasteiger partial charge in [-0.05, 0) is 37.8 Å². The quantitative estimate of drug-likeness (QED) is 0.705. The molecule has 1 aromatic rings. The summed E-state index contributed by atoms with van der Waals surface area (Å²) < 4.78 is 26.6. The molecule has 1 aromatic heterocycles. The molecule has 3 N–H and O–H groups in total. The van der Waals surface area contributed by atoms with Gasteiger partial charge in [-0.3, -0.25) is 0 Å². The molecule has 0 bridgehead atoms. The lowest BCUT2D eigenvalue weighted by molar-refractivity contribution is 0.0436. The number of aromatic carboxylic acids is 1. The van der Waals surface area contributed by atoms with E-state index in [9.17, 15) is 18.3 Å². The van der Waals surface area contributed by atoms with Crippen LogP contribution < -0.4 is 4.72 Å². The van der Waals surface area contributed by atoms with Crippen LogP contribution in [-0.2, 0) is 10.0 Å². The number of carboxylic acids is 1. The Morgan fingerprint density at radius 3 is 2.48 bits per heavy atom. The molecule has 120 valence electrons. The Bertz CT molecular complexity index is 617. The van der Waals surface area contributed by atoms with Crippen LogP contribution in [0.4, 0.5) is 0 Å². The average Bonchev–Trinajstić information content (AvgIpc) is 2.68. The zero-order valence-electron chi connectivity index (χ0n) is 12.5. The van der Waals surface area contributed by atoms with Gasteiger partial charge in [0.25, 0.3) is 0 Å². The van der Waals surface area contributed by atoms with E-state index < -0.39 is 21.6 Å². The minimum atomic E-state index is -3.82. The summed E-state index contributed by atoms with van der Waals surface area (Å²) in [5.74, 6) is -0.919. The van der Waals surface area contributed by atoms with E-state index in [1.807, 2.05) is 13.8 Å². The molecular weight excluding hydrogens is 314 g/mol. The summed E-state index contributed by atoms with van der Waals surface area (Å²) in [5, 5.41) is 19.1. The minimum Gasteiger partial charge on any atom is -0.477 e. The Kier molecular flexibility index (Phi) is 5.54. The fourth-order valence-electron chi connectivity index (χ4n) is 2.07. The number of aryl methyl sites for hydroxylation is 1. The van der Waals surface area contributed by atoms with Gasteiger partial charge in [-0.1, -0.05) is 13.8 Å². The molecule has 8 heteroatoms. The summed E-state index contributed by atoms with van der Waals surface area (Å²) in [6.07, 6.45) is 0.458. The summed E-state index contributed by atoms with van der Waals surface area (Å²) in [6.45, 7) is 6.87. The van der Waals surface area contributed by atoms with Crippen LogP contribution in [0.2, 0.25) is 0 Å². The first-order valence-electron chi connectivity index (χ1n) is 6.50. The Balaban J connectivity index is 2.88. The smallest absolute Gasteiger partial charge is 0.346 e. The zero-order chi connectivity index (χ0) is 16.4. The topological polar surface area (TPSA) is 104 Å². The third-order valence-electron chi connectivity index (χ3n) is 2.85. The lowest BCUT2D eigenvalue weighted by atomic mass is 9.95. The van der Waals surface area contributed by atoms with Crippen LogP contribution in [0.15, 0.2) is 10.3 Å². The Morgan fingerprint density at radius 2 is 2.05 bits per heavy atom. The molecule has 0 aliphatic heterocycles. The molecule has 0 aliphatic carbocycles. The van der Waals surface area contributed by atoms with Crippen molar-refractivity contribution >= 4 is 27.3 Å². The van der Waals surface area contributed by atoms with Crippen LogP contribution in [0.25, 0.3) is 0 Å². The second-order valence-electron chi connectivity index (χ2n) is 5.80. The highest BCUT2D eigenvalue weighted by Crippen LogP contribution is 2.26. The van der Waals surface area contributed by atoms with Gasteiger partial charge in [-0.25, -0.2) is 17.9 Å². The number of sulfonamides is 1. The van der Waals surface area contributed by atoms with Gasteiger partial charge in [-0.2, -0.15) is 0 Å². The normalized spacial score (nSPS) is 15.1. The second kappa shape index (κ2) is 6.43. The van der Waals surface area contributed by atoms with Crippen LogP contribution in [0.5, 0.6) is 0 Å². The highest BCUT2D eigenvalue weighted by atomic mass is 32.2. The Labute approximate surface area is 128 Å². The largest absolute Gasteiger partial charge is 0.477 e. The number of nitrogens with one attached hydrogen (secondary N) is 1. The summed E-state index contributed by atoms with van der Waals surface area (Å²) in [6, 6.07) is 1.33. The third-order valence-corrected chi connectivity index (χ3v) is 5.95. The van der Waals surface area contributed by atoms with E-state index in [1.54, 1.807) is 13.8 Å². The molecule has 1 rings (SSSR count). The van der Waals surface area contributed by atoms with Crippen LogP contribution in [0.1, 0.15) is 42.4 Å². The zero-order valence-corrected chi connectivity index (χ0v) is 14.1. The van der Waals surface area contributed by atoms with Gasteiger partial charge in [0, 0.05) is 6.54 Å². The minimum absolute atomic E-state index is 0.00400. The summed E-state index contributed by atoms with van der Waals surface area (Å²) in [4.78, 5) is 11.0. The molecule has 6 nitrogen and oxygen atoms in total. The molecule has 1 atom stereocenters. The Hall–Kier alpha value is -0.960. The van der Waals surface area contributed by atoms with Crippen molar-refractivity contribution in [1.82, 2.24) is 4.72 Å².